The van der Waals surface area contributed by atoms with Gasteiger partial charge in [-0.25, -0.2) is 0 Å². The number of hydrogen-bond acceptors (Lipinski definition) is 5. The van der Waals surface area contributed by atoms with E-state index in [9.17, 15) is 0 Å². The second kappa shape index (κ2) is 11.2. The number of nitrogens with one attached hydrogen (secondary N) is 2. The molecule has 0 fully saturated rings. The van der Waals surface area contributed by atoms with E-state index in [4.69, 9.17) is 14.2 Å². The van der Waals surface area contributed by atoms with Crippen molar-refractivity contribution in [2.24, 2.45) is 4.99 Å². The van der Waals surface area contributed by atoms with Gasteiger partial charge in [-0.05, 0) is 24.3 Å². The molecule has 0 bridgehead atoms. The Bertz CT molecular complexity index is 739. The molecular weight excluding hydrogens is 362 g/mol. The molecule has 0 aliphatic carbocycles. The predicted octanol–water partition coefficient (Wildman–Crippen LogP) is 3.17. The number of nitrogens with zero attached hydrogens (tertiary/aromatic N) is 1. The van der Waals surface area contributed by atoms with Crippen LogP contribution in [-0.4, -0.2) is 46.6 Å². The van der Waals surface area contributed by atoms with Crippen molar-refractivity contribution in [3.63, 3.8) is 0 Å². The van der Waals surface area contributed by atoms with E-state index in [1.165, 1.54) is 4.90 Å². The summed E-state index contributed by atoms with van der Waals surface area (Å²) >= 11 is 1.81. The number of benzene rings is 2. The van der Waals surface area contributed by atoms with E-state index < -0.39 is 0 Å². The lowest BCUT2D eigenvalue weighted by atomic mass is 10.1. The summed E-state index contributed by atoms with van der Waals surface area (Å²) in [6.07, 6.45) is 0. The molecule has 0 saturated carbocycles. The quantitative estimate of drug-likeness (QED) is 0.297. The van der Waals surface area contributed by atoms with Gasteiger partial charge in [-0.2, -0.15) is 0 Å². The first kappa shape index (κ1) is 20.8. The number of hydrogen-bond donors (Lipinski definition) is 2. The van der Waals surface area contributed by atoms with Crippen molar-refractivity contribution < 1.29 is 14.2 Å². The summed E-state index contributed by atoms with van der Waals surface area (Å²) in [6, 6.07) is 14.2. The molecule has 2 N–H and O–H groups in total. The van der Waals surface area contributed by atoms with Crippen LogP contribution in [0, 0.1) is 0 Å². The lowest BCUT2D eigenvalue weighted by molar-refractivity contribution is 0.322. The van der Waals surface area contributed by atoms with Crippen LogP contribution in [0.2, 0.25) is 0 Å². The fourth-order valence-corrected chi connectivity index (χ4v) is 3.35. The van der Waals surface area contributed by atoms with E-state index in [-0.39, 0.29) is 0 Å². The second-order valence-corrected chi connectivity index (χ2v) is 6.68. The Kier molecular flexibility index (Phi) is 8.64. The van der Waals surface area contributed by atoms with Crippen LogP contribution < -0.4 is 24.8 Å². The Hall–Kier alpha value is -2.54. The molecule has 27 heavy (non-hydrogen) atoms. The Balaban J connectivity index is 1.88. The molecule has 0 unspecified atom stereocenters. The van der Waals surface area contributed by atoms with Gasteiger partial charge >= 0.3 is 0 Å². The molecule has 0 amide bonds. The summed E-state index contributed by atoms with van der Waals surface area (Å²) in [4.78, 5) is 5.53. The SMILES string of the molecule is CN=C(NCCSc1ccccc1)NCc1ccc(OC)c(OC)c1OC. The lowest BCUT2D eigenvalue weighted by Gasteiger charge is -2.17. The van der Waals surface area contributed by atoms with E-state index in [2.05, 4.69) is 27.8 Å². The first-order valence-corrected chi connectivity index (χ1v) is 9.62. The molecule has 7 heteroatoms. The van der Waals surface area contributed by atoms with Crippen molar-refractivity contribution in [1.82, 2.24) is 10.6 Å². The minimum absolute atomic E-state index is 0.551. The first-order chi connectivity index (χ1) is 13.2. The number of ether oxygens (including phenoxy) is 3. The molecule has 2 aromatic carbocycles. The highest BCUT2D eigenvalue weighted by Crippen LogP contribution is 2.39. The van der Waals surface area contributed by atoms with Crippen molar-refractivity contribution >= 4 is 17.7 Å². The molecule has 0 aliphatic heterocycles. The zero-order valence-electron chi connectivity index (χ0n) is 16.2. The number of thioether (sulfide) groups is 1. The maximum atomic E-state index is 5.51. The van der Waals surface area contributed by atoms with Crippen LogP contribution in [0.25, 0.3) is 0 Å². The summed E-state index contributed by atoms with van der Waals surface area (Å²) in [5.41, 5.74) is 0.955. The second-order valence-electron chi connectivity index (χ2n) is 5.51. The first-order valence-electron chi connectivity index (χ1n) is 8.63. The largest absolute Gasteiger partial charge is 0.493 e. The van der Waals surface area contributed by atoms with Crippen LogP contribution >= 0.6 is 11.8 Å². The minimum atomic E-state index is 0.551. The highest BCUT2D eigenvalue weighted by atomic mass is 32.2. The molecule has 146 valence electrons. The highest BCUT2D eigenvalue weighted by Gasteiger charge is 2.15. The van der Waals surface area contributed by atoms with Crippen LogP contribution in [0.3, 0.4) is 0 Å². The summed E-state index contributed by atoms with van der Waals surface area (Å²) in [6.45, 7) is 1.36. The predicted molar refractivity (Wildman–Crippen MR) is 111 cm³/mol. The van der Waals surface area contributed by atoms with E-state index in [1.54, 1.807) is 40.1 Å². The van der Waals surface area contributed by atoms with E-state index in [0.29, 0.717) is 23.8 Å². The maximum Gasteiger partial charge on any atom is 0.203 e. The molecular formula is C20H27N3O3S. The normalized spacial score (nSPS) is 11.0. The monoisotopic (exact) mass is 389 g/mol. The minimum Gasteiger partial charge on any atom is -0.493 e. The van der Waals surface area contributed by atoms with Crippen molar-refractivity contribution in [2.45, 2.75) is 11.4 Å². The van der Waals surface area contributed by atoms with Crippen LogP contribution in [0.5, 0.6) is 17.2 Å². The molecule has 6 nitrogen and oxygen atoms in total. The van der Waals surface area contributed by atoms with Crippen LogP contribution in [0.15, 0.2) is 52.4 Å². The molecule has 0 aliphatic rings. The fourth-order valence-electron chi connectivity index (χ4n) is 2.56. The van der Waals surface area contributed by atoms with Gasteiger partial charge in [0, 0.05) is 36.3 Å². The van der Waals surface area contributed by atoms with Gasteiger partial charge in [0.15, 0.2) is 17.5 Å². The highest BCUT2D eigenvalue weighted by molar-refractivity contribution is 7.99. The van der Waals surface area contributed by atoms with Gasteiger partial charge < -0.3 is 24.8 Å². The summed E-state index contributed by atoms with van der Waals surface area (Å²) in [7, 11) is 6.58. The molecule has 0 heterocycles. The molecule has 2 aromatic rings. The number of rotatable bonds is 9. The third-order valence-electron chi connectivity index (χ3n) is 3.86. The Morgan fingerprint density at radius 2 is 1.67 bits per heavy atom. The van der Waals surface area contributed by atoms with Gasteiger partial charge in [0.2, 0.25) is 5.75 Å². The molecule has 0 saturated heterocycles. The van der Waals surface area contributed by atoms with Gasteiger partial charge in [-0.3, -0.25) is 4.99 Å². The number of aliphatic imine (C=N–C) groups is 1. The summed E-state index contributed by atoms with van der Waals surface area (Å²) < 4.78 is 16.3. The third kappa shape index (κ3) is 5.99. The third-order valence-corrected chi connectivity index (χ3v) is 4.88. The fraction of sp³-hybridized carbons (Fsp3) is 0.350. The number of methoxy groups -OCH3 is 3. The van der Waals surface area contributed by atoms with Crippen molar-refractivity contribution in [3.8, 4) is 17.2 Å². The molecule has 0 aromatic heterocycles. The van der Waals surface area contributed by atoms with Gasteiger partial charge in [-0.1, -0.05) is 18.2 Å². The van der Waals surface area contributed by atoms with Crippen molar-refractivity contribution in [1.29, 1.82) is 0 Å². The summed E-state index contributed by atoms with van der Waals surface area (Å²) in [5.74, 6) is 3.56. The zero-order chi connectivity index (χ0) is 19.5. The standard InChI is InChI=1S/C20H27N3O3S/c1-21-20(22-12-13-27-16-8-6-5-7-9-16)23-14-15-10-11-17(24-2)19(26-4)18(15)25-3/h5-11H,12-14H2,1-4H3,(H2,21,22,23). The number of guanidine groups is 1. The van der Waals surface area contributed by atoms with E-state index in [0.717, 1.165) is 23.8 Å². The van der Waals surface area contributed by atoms with E-state index in [1.807, 2.05) is 30.3 Å². The zero-order valence-corrected chi connectivity index (χ0v) is 17.1. The molecule has 0 atom stereocenters. The molecule has 2 rings (SSSR count). The van der Waals surface area contributed by atoms with Crippen molar-refractivity contribution in [3.05, 3.63) is 48.0 Å². The van der Waals surface area contributed by atoms with Crippen LogP contribution in [0.1, 0.15) is 5.56 Å². The lowest BCUT2D eigenvalue weighted by Crippen LogP contribution is -2.38. The van der Waals surface area contributed by atoms with Crippen LogP contribution in [-0.2, 0) is 6.54 Å². The van der Waals surface area contributed by atoms with Gasteiger partial charge in [0.05, 0.1) is 21.3 Å². The topological polar surface area (TPSA) is 64.1 Å². The molecule has 0 radical (unpaired) electrons. The van der Waals surface area contributed by atoms with Crippen molar-refractivity contribution in [2.75, 3.05) is 40.7 Å². The van der Waals surface area contributed by atoms with Gasteiger partial charge in [-0.15, -0.1) is 11.8 Å². The Labute approximate surface area is 165 Å². The average molecular weight is 390 g/mol. The van der Waals surface area contributed by atoms with Gasteiger partial charge in [0.1, 0.15) is 0 Å². The smallest absolute Gasteiger partial charge is 0.203 e. The maximum absolute atomic E-state index is 5.51. The average Bonchev–Trinajstić information content (AvgIpc) is 2.73. The summed E-state index contributed by atoms with van der Waals surface area (Å²) in [5, 5.41) is 6.62. The van der Waals surface area contributed by atoms with E-state index >= 15 is 0 Å². The Morgan fingerprint density at radius 1 is 0.926 bits per heavy atom. The molecule has 0 spiro atoms. The van der Waals surface area contributed by atoms with Crippen LogP contribution in [0.4, 0.5) is 0 Å². The van der Waals surface area contributed by atoms with Gasteiger partial charge in [0.25, 0.3) is 0 Å². The Morgan fingerprint density at radius 3 is 2.30 bits per heavy atom.